The quantitative estimate of drug-likeness (QED) is 0.493. The first-order chi connectivity index (χ1) is 7.07. The Morgan fingerprint density at radius 1 is 1.13 bits per heavy atom. The first-order valence-corrected chi connectivity index (χ1v) is 5.15. The molecule has 1 aromatic heterocycles. The summed E-state index contributed by atoms with van der Waals surface area (Å²) in [5.74, 6) is 0. The molecule has 2 aromatic rings. The summed E-state index contributed by atoms with van der Waals surface area (Å²) in [6, 6.07) is 10.2. The molecule has 0 radical (unpaired) electrons. The van der Waals surface area contributed by atoms with Crippen LogP contribution in [0.1, 0.15) is 20.8 Å². The van der Waals surface area contributed by atoms with Gasteiger partial charge in [-0.1, -0.05) is 30.3 Å². The second kappa shape index (κ2) is 3.54. The largest absolute Gasteiger partial charge is 0.326 e. The zero-order valence-corrected chi connectivity index (χ0v) is 9.44. The molecule has 0 aliphatic heterocycles. The molecule has 15 heavy (non-hydrogen) atoms. The maximum absolute atomic E-state index is 3.30. The Labute approximate surface area is 90.8 Å². The minimum absolute atomic E-state index is 0.0834. The average Bonchev–Trinajstić information content (AvgIpc) is 2.67. The molecule has 2 rings (SSSR count). The third-order valence-corrected chi connectivity index (χ3v) is 2.34. The highest BCUT2D eigenvalue weighted by atomic mass is 15.1. The molecule has 2 heteroatoms. The van der Waals surface area contributed by atoms with Crippen LogP contribution in [0.5, 0.6) is 0 Å². The van der Waals surface area contributed by atoms with E-state index >= 15 is 0 Å². The van der Waals surface area contributed by atoms with E-state index in [-0.39, 0.29) is 5.54 Å². The number of nitrogens with zero attached hydrogens (tertiary/aromatic N) is 2. The van der Waals surface area contributed by atoms with E-state index in [1.807, 2.05) is 35.2 Å². The number of hydrogen-bond donors (Lipinski definition) is 0. The van der Waals surface area contributed by atoms with Gasteiger partial charge in [0.05, 0.1) is 11.2 Å². The van der Waals surface area contributed by atoms with Gasteiger partial charge in [-0.25, -0.2) is 0 Å². The molecular formula is C13H16N2. The van der Waals surface area contributed by atoms with Crippen LogP contribution in [0.15, 0.2) is 42.7 Å². The highest BCUT2D eigenvalue weighted by Gasteiger charge is 2.15. The Balaban J connectivity index is 2.37. The number of para-hydroxylation sites is 1. The monoisotopic (exact) mass is 200 g/mol. The predicted octanol–water partition coefficient (Wildman–Crippen LogP) is 2.32. The lowest BCUT2D eigenvalue weighted by molar-refractivity contribution is -0.757. The normalized spacial score (nSPS) is 11.7. The summed E-state index contributed by atoms with van der Waals surface area (Å²) in [4.78, 5) is 0. The van der Waals surface area contributed by atoms with Gasteiger partial charge in [0.1, 0.15) is 0 Å². The van der Waals surface area contributed by atoms with Gasteiger partial charge < -0.3 is 9.13 Å². The Kier molecular flexibility index (Phi) is 2.35. The molecule has 0 bridgehead atoms. The molecule has 0 aliphatic rings. The lowest BCUT2D eigenvalue weighted by Crippen LogP contribution is -2.48. The molecule has 0 amide bonds. The fourth-order valence-corrected chi connectivity index (χ4v) is 1.42. The van der Waals surface area contributed by atoms with E-state index in [0.29, 0.717) is 0 Å². The molecule has 0 unspecified atom stereocenters. The van der Waals surface area contributed by atoms with Gasteiger partial charge in [-0.3, -0.25) is 0 Å². The summed E-state index contributed by atoms with van der Waals surface area (Å²) >= 11 is 0. The van der Waals surface area contributed by atoms with Crippen LogP contribution in [-0.4, -0.2) is 4.57 Å². The number of rotatable bonds is 1. The Morgan fingerprint density at radius 2 is 1.80 bits per heavy atom. The predicted molar refractivity (Wildman–Crippen MR) is 59.8 cm³/mol. The van der Waals surface area contributed by atoms with Crippen molar-refractivity contribution in [3.05, 3.63) is 49.1 Å². The molecule has 78 valence electrons. The first-order valence-electron chi connectivity index (χ1n) is 5.15. The summed E-state index contributed by atoms with van der Waals surface area (Å²) in [5.41, 5.74) is 1.22. The van der Waals surface area contributed by atoms with Crippen LogP contribution in [0, 0.1) is 6.33 Å². The maximum Gasteiger partial charge on any atom is 0.243 e. The third kappa shape index (κ3) is 2.09. The molecular weight excluding hydrogens is 184 g/mol. The van der Waals surface area contributed by atoms with Crippen molar-refractivity contribution in [3.8, 4) is 5.69 Å². The van der Waals surface area contributed by atoms with Crippen LogP contribution in [0.25, 0.3) is 5.69 Å². The van der Waals surface area contributed by atoms with E-state index in [2.05, 4.69) is 43.8 Å². The molecule has 0 saturated heterocycles. The van der Waals surface area contributed by atoms with Crippen LogP contribution in [0.3, 0.4) is 0 Å². The highest BCUT2D eigenvalue weighted by Crippen LogP contribution is 2.07. The van der Waals surface area contributed by atoms with Gasteiger partial charge in [-0.2, -0.15) is 0 Å². The van der Waals surface area contributed by atoms with E-state index in [0.717, 1.165) is 5.69 Å². The first kappa shape index (κ1) is 9.97. The van der Waals surface area contributed by atoms with Crippen molar-refractivity contribution < 1.29 is 4.57 Å². The smallest absolute Gasteiger partial charge is 0.243 e. The highest BCUT2D eigenvalue weighted by molar-refractivity contribution is 5.29. The fraction of sp³-hybridized carbons (Fsp3) is 0.308. The number of imidazole rings is 1. The van der Waals surface area contributed by atoms with Gasteiger partial charge in [0.15, 0.2) is 0 Å². The van der Waals surface area contributed by atoms with E-state index in [1.54, 1.807) is 0 Å². The molecule has 0 atom stereocenters. The van der Waals surface area contributed by atoms with Gasteiger partial charge >= 0.3 is 0 Å². The van der Waals surface area contributed by atoms with Crippen LogP contribution in [-0.2, 0) is 5.54 Å². The maximum atomic E-state index is 3.30. The zero-order valence-electron chi connectivity index (χ0n) is 9.44. The Morgan fingerprint density at radius 3 is 2.33 bits per heavy atom. The van der Waals surface area contributed by atoms with Gasteiger partial charge in [0.25, 0.3) is 0 Å². The number of aromatic nitrogens is 2. The van der Waals surface area contributed by atoms with Crippen molar-refractivity contribution in [3.63, 3.8) is 0 Å². The minimum atomic E-state index is 0.0834. The molecule has 0 fully saturated rings. The molecule has 0 aliphatic carbocycles. The molecule has 2 nitrogen and oxygen atoms in total. The van der Waals surface area contributed by atoms with Crippen molar-refractivity contribution in [1.82, 2.24) is 4.57 Å². The van der Waals surface area contributed by atoms with Crippen LogP contribution < -0.4 is 4.57 Å². The summed E-state index contributed by atoms with van der Waals surface area (Å²) < 4.78 is 4.09. The standard InChI is InChI=1S/C13H16N2/c1-13(2,3)15-10-9-14(11-15)12-7-5-4-6-8-12/h4-10H,1-3H3. The topological polar surface area (TPSA) is 8.81 Å². The number of benzene rings is 1. The van der Waals surface area contributed by atoms with Crippen molar-refractivity contribution in [2.75, 3.05) is 0 Å². The van der Waals surface area contributed by atoms with E-state index in [4.69, 9.17) is 0 Å². The lowest BCUT2D eigenvalue weighted by atomic mass is 10.1. The van der Waals surface area contributed by atoms with Crippen LogP contribution in [0.4, 0.5) is 0 Å². The van der Waals surface area contributed by atoms with E-state index in [9.17, 15) is 0 Å². The zero-order chi connectivity index (χ0) is 10.9. The average molecular weight is 200 g/mol. The molecule has 1 heterocycles. The van der Waals surface area contributed by atoms with Gasteiger partial charge in [0.2, 0.25) is 6.33 Å². The van der Waals surface area contributed by atoms with Crippen molar-refractivity contribution in [2.45, 2.75) is 26.3 Å². The van der Waals surface area contributed by atoms with Crippen molar-refractivity contribution in [1.29, 1.82) is 0 Å². The molecule has 0 saturated carbocycles. The van der Waals surface area contributed by atoms with Crippen LogP contribution in [0.2, 0.25) is 0 Å². The second-order valence-electron chi connectivity index (χ2n) is 4.64. The summed E-state index contributed by atoms with van der Waals surface area (Å²) in [7, 11) is 0. The van der Waals surface area contributed by atoms with Gasteiger partial charge in [-0.05, 0) is 20.8 Å². The Hall–Kier alpha value is -1.57. The summed E-state index contributed by atoms with van der Waals surface area (Å²) in [6.07, 6.45) is 7.38. The Bertz CT molecular complexity index is 435. The van der Waals surface area contributed by atoms with Crippen molar-refractivity contribution >= 4 is 0 Å². The SMILES string of the molecule is CC(C)(C)[n+]1[c-]n(-c2ccccc2)cc1. The number of hydrogen-bond acceptors (Lipinski definition) is 0. The van der Waals surface area contributed by atoms with E-state index in [1.165, 1.54) is 0 Å². The second-order valence-corrected chi connectivity index (χ2v) is 4.64. The molecule has 1 aromatic carbocycles. The summed E-state index contributed by atoms with van der Waals surface area (Å²) in [6.45, 7) is 6.50. The fourth-order valence-electron chi connectivity index (χ4n) is 1.42. The van der Waals surface area contributed by atoms with Crippen LogP contribution >= 0.6 is 0 Å². The molecule has 0 spiro atoms. The lowest BCUT2D eigenvalue weighted by Gasteiger charge is -2.16. The minimum Gasteiger partial charge on any atom is -0.326 e. The summed E-state index contributed by atoms with van der Waals surface area (Å²) in [5, 5.41) is 0. The van der Waals surface area contributed by atoms with Gasteiger partial charge in [0, 0.05) is 12.4 Å². The molecule has 0 N–H and O–H groups in total. The third-order valence-electron chi connectivity index (χ3n) is 2.34. The van der Waals surface area contributed by atoms with E-state index < -0.39 is 0 Å². The van der Waals surface area contributed by atoms with Crippen molar-refractivity contribution in [2.24, 2.45) is 0 Å². The van der Waals surface area contributed by atoms with Gasteiger partial charge in [-0.15, -0.1) is 0 Å².